The molecule has 0 spiro atoms. The van der Waals surface area contributed by atoms with Crippen molar-refractivity contribution in [2.24, 2.45) is 16.7 Å². The summed E-state index contributed by atoms with van der Waals surface area (Å²) in [5.74, 6) is -4.53. The number of carbonyl (C=O) groups excluding carboxylic acids is 5. The number of ketones is 1. The average molecular weight is 1060 g/mol. The summed E-state index contributed by atoms with van der Waals surface area (Å²) in [5.41, 5.74) is -8.22. The van der Waals surface area contributed by atoms with Gasteiger partial charge in [-0.2, -0.15) is 0 Å². The molecule has 73 heavy (non-hydrogen) atoms. The van der Waals surface area contributed by atoms with Crippen molar-refractivity contribution in [3.05, 3.63) is 59.5 Å². The number of furan rings is 2. The smallest absolute Gasteiger partial charge is 0.408 e. The summed E-state index contributed by atoms with van der Waals surface area (Å²) in [6, 6.07) is 5.44. The molecule has 2 saturated carbocycles. The van der Waals surface area contributed by atoms with E-state index >= 15 is 9.59 Å². The number of aliphatic hydroxyl groups excluding tert-OH is 1. The highest BCUT2D eigenvalue weighted by Crippen LogP contribution is 2.65. The minimum Gasteiger partial charge on any atom is -0.472 e. The predicted molar refractivity (Wildman–Crippen MR) is 274 cm³/mol. The number of carbonyl (C=O) groups is 5. The third-order valence-electron chi connectivity index (χ3n) is 17.3. The van der Waals surface area contributed by atoms with Crippen LogP contribution in [0.15, 0.2) is 57.0 Å². The largest absolute Gasteiger partial charge is 0.472 e. The molecule has 2 bridgehead atoms. The van der Waals surface area contributed by atoms with Gasteiger partial charge in [0.15, 0.2) is 25.8 Å². The van der Waals surface area contributed by atoms with Crippen molar-refractivity contribution in [1.29, 1.82) is 0 Å². The van der Waals surface area contributed by atoms with Crippen LogP contribution in [0.3, 0.4) is 0 Å². The molecule has 3 N–H and O–H groups in total. The Hall–Kier alpha value is -4.12. The van der Waals surface area contributed by atoms with Crippen molar-refractivity contribution in [3.8, 4) is 0 Å². The van der Waals surface area contributed by atoms with Gasteiger partial charge in [0.2, 0.25) is 8.32 Å². The molecule has 1 aliphatic heterocycles. The van der Waals surface area contributed by atoms with Crippen molar-refractivity contribution in [3.63, 3.8) is 0 Å². The van der Waals surface area contributed by atoms with Crippen LogP contribution < -0.4 is 5.32 Å². The Morgan fingerprint density at radius 3 is 2.03 bits per heavy atom. The molecule has 2 aromatic heterocycles. The number of fused-ring (bicyclic) bond motifs is 5. The molecule has 2 aromatic rings. The molecule has 3 heterocycles. The Labute approximate surface area is 433 Å². The number of amides is 1. The Bertz CT molecular complexity index is 2320. The Kier molecular flexibility index (Phi) is 16.8. The number of Topliss-reactive ketones (excluding diaryl/α,β-unsaturated/α-hetero) is 1. The SMILES string of the molecule is CC[Si](CC)(CC)O[C@H]1C[C@H]2OC[C@@]2(OC(C)=O)[C@H]2[C@H](OC(=O)c3ccoc3)[C@]3(O)C[C@H](OC(=O)[C@H](O[Si](C(C)C)(C(C)C)C(C)C)[C@@H](NC(=O)OC(C)(C)C)c4ccco4)C(C)=C([C@@H](O)C(=O)[C@]12C)C3(C)C. The zero-order valence-corrected chi connectivity index (χ0v) is 48.2. The molecule has 19 heteroatoms. The molecule has 0 unspecified atom stereocenters. The third kappa shape index (κ3) is 10.1. The lowest BCUT2D eigenvalue weighted by molar-refractivity contribution is -0.344. The number of hydrogen-bond donors (Lipinski definition) is 3. The van der Waals surface area contributed by atoms with Gasteiger partial charge in [0, 0.05) is 25.2 Å². The van der Waals surface area contributed by atoms with E-state index in [0.29, 0.717) is 18.1 Å². The fraction of sp³-hybridized carbons (Fsp3) is 0.722. The molecule has 3 fully saturated rings. The van der Waals surface area contributed by atoms with Gasteiger partial charge in [-0.15, -0.1) is 0 Å². The summed E-state index contributed by atoms with van der Waals surface area (Å²) in [4.78, 5) is 73.5. The second-order valence-corrected chi connectivity index (χ2v) is 33.7. The molecule has 0 aromatic carbocycles. The van der Waals surface area contributed by atoms with Gasteiger partial charge < -0.3 is 56.9 Å². The van der Waals surface area contributed by atoms with Crippen LogP contribution in [-0.4, -0.2) is 117 Å². The summed E-state index contributed by atoms with van der Waals surface area (Å²) < 4.78 is 57.4. The zero-order valence-electron chi connectivity index (χ0n) is 46.2. The van der Waals surface area contributed by atoms with Gasteiger partial charge in [-0.05, 0) is 98.7 Å². The zero-order chi connectivity index (χ0) is 54.6. The lowest BCUT2D eigenvalue weighted by atomic mass is 9.44. The molecular weight excluding hydrogens is 975 g/mol. The summed E-state index contributed by atoms with van der Waals surface area (Å²) >= 11 is 0. The van der Waals surface area contributed by atoms with E-state index in [1.54, 1.807) is 60.6 Å². The first kappa shape index (κ1) is 58.2. The van der Waals surface area contributed by atoms with Crippen LogP contribution in [0, 0.1) is 16.7 Å². The van der Waals surface area contributed by atoms with E-state index in [1.807, 2.05) is 41.5 Å². The number of aliphatic hydroxyl groups is 2. The molecule has 0 radical (unpaired) electrons. The van der Waals surface area contributed by atoms with Gasteiger partial charge in [0.25, 0.3) is 0 Å². The minimum absolute atomic E-state index is 0.00209. The highest BCUT2D eigenvalue weighted by atomic mass is 28.4. The van der Waals surface area contributed by atoms with Crippen molar-refractivity contribution < 1.29 is 75.6 Å². The van der Waals surface area contributed by atoms with E-state index in [-0.39, 0.29) is 52.1 Å². The summed E-state index contributed by atoms with van der Waals surface area (Å²) in [6.45, 7) is 31.2. The van der Waals surface area contributed by atoms with Crippen LogP contribution in [-0.2, 0) is 46.9 Å². The summed E-state index contributed by atoms with van der Waals surface area (Å²) in [7, 11) is -5.67. The first-order valence-electron chi connectivity index (χ1n) is 26.2. The molecule has 17 nitrogen and oxygen atoms in total. The quantitative estimate of drug-likeness (QED) is 0.0546. The number of ether oxygens (including phenoxy) is 5. The van der Waals surface area contributed by atoms with Gasteiger partial charge in [0.05, 0.1) is 42.1 Å². The van der Waals surface area contributed by atoms with E-state index in [9.17, 15) is 24.6 Å². The van der Waals surface area contributed by atoms with Crippen LogP contribution in [0.4, 0.5) is 4.79 Å². The van der Waals surface area contributed by atoms with E-state index in [0.717, 1.165) is 0 Å². The van der Waals surface area contributed by atoms with Gasteiger partial charge in [0.1, 0.15) is 53.7 Å². The van der Waals surface area contributed by atoms with E-state index in [2.05, 4.69) is 26.1 Å². The first-order chi connectivity index (χ1) is 33.9. The molecule has 3 aliphatic carbocycles. The number of hydrogen-bond acceptors (Lipinski definition) is 16. The normalized spacial score (nSPS) is 30.1. The van der Waals surface area contributed by atoms with Crippen molar-refractivity contribution in [2.45, 2.75) is 225 Å². The number of rotatable bonds is 18. The van der Waals surface area contributed by atoms with Gasteiger partial charge >= 0.3 is 24.0 Å². The van der Waals surface area contributed by atoms with Gasteiger partial charge in [-0.25, -0.2) is 14.4 Å². The maximum Gasteiger partial charge on any atom is 0.408 e. The highest BCUT2D eigenvalue weighted by Gasteiger charge is 2.78. The molecule has 11 atom stereocenters. The predicted octanol–water partition coefficient (Wildman–Crippen LogP) is 9.67. The molecule has 1 saturated heterocycles. The van der Waals surface area contributed by atoms with Gasteiger partial charge in [-0.1, -0.05) is 76.2 Å². The van der Waals surface area contributed by atoms with Crippen LogP contribution in [0.25, 0.3) is 0 Å². The molecule has 408 valence electrons. The number of nitrogens with one attached hydrogen (secondary N) is 1. The lowest BCUT2D eigenvalue weighted by Gasteiger charge is -2.68. The first-order valence-corrected chi connectivity index (χ1v) is 30.8. The summed E-state index contributed by atoms with van der Waals surface area (Å²) in [6.07, 6.45) is -5.84. The average Bonchev–Trinajstić information content (AvgIpc) is 4.04. The monoisotopic (exact) mass is 1060 g/mol. The molecule has 1 amide bonds. The van der Waals surface area contributed by atoms with Crippen molar-refractivity contribution in [1.82, 2.24) is 5.32 Å². The van der Waals surface area contributed by atoms with Crippen molar-refractivity contribution in [2.75, 3.05) is 6.61 Å². The van der Waals surface area contributed by atoms with E-state index in [4.69, 9.17) is 41.4 Å². The van der Waals surface area contributed by atoms with Crippen LogP contribution in [0.1, 0.15) is 153 Å². The molecular formula is C54H83NO16Si2. The van der Waals surface area contributed by atoms with Crippen LogP contribution >= 0.6 is 0 Å². The Morgan fingerprint density at radius 2 is 1.55 bits per heavy atom. The Morgan fingerprint density at radius 1 is 0.932 bits per heavy atom. The minimum atomic E-state index is -3.06. The van der Waals surface area contributed by atoms with Crippen LogP contribution in [0.2, 0.25) is 34.8 Å². The standard InChI is InChI=1S/C54H83NO16Si2/c1-18-72(19-2,20-3)70-38-26-39-53(29-65-39,68-34(11)56)44-46(67-47(59)35-23-25-63-28-35)54(62)27-37(33(10)40(51(54,15)16)42(57)45(58)52(38,44)17)66-48(60)43(71-73(30(4)5,31(6)7)32(8)9)41(36-22-21-24-64-36)55-49(61)69-50(12,13)14/h21-25,28,30-32,37-39,41-44,46,57,62H,18-20,26-27,29H2,1-17H3,(H,55,61)/t37-,38-,39+,41-,42+,43+,44-,46-,52+,53-,54+/m0/s1. The van der Waals surface area contributed by atoms with E-state index < -0.39 is 129 Å². The summed E-state index contributed by atoms with van der Waals surface area (Å²) in [5, 5.41) is 30.0. The molecule has 4 aliphatic rings. The second kappa shape index (κ2) is 21.1. The number of alkyl carbamates (subject to hydrolysis) is 1. The number of esters is 3. The second-order valence-electron chi connectivity index (χ2n) is 23.6. The fourth-order valence-electron chi connectivity index (χ4n) is 13.3. The van der Waals surface area contributed by atoms with Gasteiger partial charge in [-0.3, -0.25) is 9.59 Å². The van der Waals surface area contributed by atoms with E-state index in [1.165, 1.54) is 31.8 Å². The lowest BCUT2D eigenvalue weighted by Crippen LogP contribution is -2.82. The van der Waals surface area contributed by atoms with Crippen molar-refractivity contribution >= 4 is 46.4 Å². The highest BCUT2D eigenvalue weighted by molar-refractivity contribution is 6.77. The topological polar surface area (TPSA) is 229 Å². The van der Waals surface area contributed by atoms with Crippen LogP contribution in [0.5, 0.6) is 0 Å². The fourth-order valence-corrected chi connectivity index (χ4v) is 21.8. The maximum absolute atomic E-state index is 16.1. The molecule has 6 rings (SSSR count). The maximum atomic E-state index is 16.1. The Balaban J connectivity index is 1.61. The third-order valence-corrected chi connectivity index (χ3v) is 28.0.